The second kappa shape index (κ2) is 15.2. The summed E-state index contributed by atoms with van der Waals surface area (Å²) in [7, 11) is 0.856. The standard InChI is InChI=1S/C42H47N5O6Si/c1-28-39(54(4,5)35-18-16-34(52-3)17-19-35)38(21-23-46-27-32(22-24-48)44-45-46)53-42(28)36-25-31(43-40(49)30-11-14-33(51-2)15-12-30)13-20-37(36)47(41(42)50)26-29-9-7-6-8-10-29/h6-20,25,27-28,38-39,48H,21-24,26H2,1-5H3,(H,43,49)/t28-,38+,39-,42+/m0/s1. The fourth-order valence-electron chi connectivity index (χ4n) is 8.47. The molecule has 1 spiro atoms. The first-order valence-corrected chi connectivity index (χ1v) is 21.4. The second-order valence-electron chi connectivity index (χ2n) is 14.7. The fourth-order valence-corrected chi connectivity index (χ4v) is 12.5. The molecular weight excluding hydrogens is 699 g/mol. The van der Waals surface area contributed by atoms with Gasteiger partial charge in [-0.2, -0.15) is 0 Å². The molecule has 2 aliphatic heterocycles. The van der Waals surface area contributed by atoms with Crippen molar-refractivity contribution in [2.24, 2.45) is 5.92 Å². The molecule has 1 saturated heterocycles. The summed E-state index contributed by atoms with van der Waals surface area (Å²) in [6, 6.07) is 30.9. The normalized spacial score (nSPS) is 20.7. The van der Waals surface area contributed by atoms with Crippen LogP contribution in [0.25, 0.3) is 0 Å². The molecule has 54 heavy (non-hydrogen) atoms. The minimum Gasteiger partial charge on any atom is -0.497 e. The average Bonchev–Trinajstić information content (AvgIpc) is 3.84. The minimum absolute atomic E-state index is 0.00225. The SMILES string of the molecule is COc1ccc(C(=O)Nc2ccc3c(c2)[C@@]2(O[C@H](CCn4cc(CCO)nn4)[C@@H]([Si](C)(C)c4ccc(OC)cc4)[C@@H]2C)C(=O)N3Cc2ccccc2)cc1. The summed E-state index contributed by atoms with van der Waals surface area (Å²) in [6.45, 7) is 7.78. The molecule has 1 aromatic heterocycles. The van der Waals surface area contributed by atoms with E-state index < -0.39 is 13.7 Å². The van der Waals surface area contributed by atoms with E-state index in [-0.39, 0.29) is 36.0 Å². The highest BCUT2D eigenvalue weighted by molar-refractivity contribution is 6.91. The number of aliphatic hydroxyl groups is 1. The molecule has 280 valence electrons. The van der Waals surface area contributed by atoms with E-state index in [1.165, 1.54) is 5.19 Å². The monoisotopic (exact) mass is 745 g/mol. The predicted molar refractivity (Wildman–Crippen MR) is 210 cm³/mol. The number of ether oxygens (including phenoxy) is 3. The number of aryl methyl sites for hydroxylation is 1. The van der Waals surface area contributed by atoms with E-state index in [0.717, 1.165) is 28.3 Å². The zero-order valence-corrected chi connectivity index (χ0v) is 32.4. The van der Waals surface area contributed by atoms with Gasteiger partial charge in [0, 0.05) is 48.5 Å². The van der Waals surface area contributed by atoms with E-state index >= 15 is 4.79 Å². The number of fused-ring (bicyclic) bond motifs is 2. The van der Waals surface area contributed by atoms with Crippen molar-refractivity contribution >= 4 is 36.4 Å². The van der Waals surface area contributed by atoms with E-state index in [4.69, 9.17) is 14.2 Å². The number of aliphatic hydroxyl groups excluding tert-OH is 1. The molecule has 4 atom stereocenters. The van der Waals surface area contributed by atoms with Gasteiger partial charge >= 0.3 is 0 Å². The number of aromatic nitrogens is 3. The molecule has 0 radical (unpaired) electrons. The molecular formula is C42H47N5O6Si. The lowest BCUT2D eigenvalue weighted by molar-refractivity contribution is -0.146. The van der Waals surface area contributed by atoms with Crippen LogP contribution >= 0.6 is 0 Å². The van der Waals surface area contributed by atoms with Crippen LogP contribution in [0.1, 0.15) is 40.5 Å². The summed E-state index contributed by atoms with van der Waals surface area (Å²) in [5, 5.41) is 22.3. The fraction of sp³-hybridized carbons (Fsp3) is 0.333. The molecule has 3 heterocycles. The Hall–Kier alpha value is -5.30. The summed E-state index contributed by atoms with van der Waals surface area (Å²) < 4.78 is 19.9. The summed E-state index contributed by atoms with van der Waals surface area (Å²) in [4.78, 5) is 30.6. The second-order valence-corrected chi connectivity index (χ2v) is 19.4. The van der Waals surface area contributed by atoms with Crippen LogP contribution in [0.5, 0.6) is 11.5 Å². The molecule has 1 fully saturated rings. The Kier molecular flexibility index (Phi) is 10.4. The molecule has 2 N–H and O–H groups in total. The van der Waals surface area contributed by atoms with E-state index in [2.05, 4.69) is 47.8 Å². The summed E-state index contributed by atoms with van der Waals surface area (Å²) in [5.41, 5.74) is 3.01. The van der Waals surface area contributed by atoms with Crippen LogP contribution in [0.3, 0.4) is 0 Å². The quantitative estimate of drug-likeness (QED) is 0.142. The van der Waals surface area contributed by atoms with Crippen LogP contribution in [-0.2, 0) is 34.6 Å². The molecule has 0 saturated carbocycles. The van der Waals surface area contributed by atoms with Gasteiger partial charge in [-0.25, -0.2) is 0 Å². The summed E-state index contributed by atoms with van der Waals surface area (Å²) in [5.74, 6) is 0.847. The van der Waals surface area contributed by atoms with Crippen molar-refractivity contribution in [3.63, 3.8) is 0 Å². The third-order valence-corrected chi connectivity index (χ3v) is 15.6. The first-order valence-electron chi connectivity index (χ1n) is 18.4. The topological polar surface area (TPSA) is 128 Å². The van der Waals surface area contributed by atoms with Gasteiger partial charge < -0.3 is 29.5 Å². The first-order chi connectivity index (χ1) is 26.1. The maximum absolute atomic E-state index is 15.3. The van der Waals surface area contributed by atoms with E-state index in [1.807, 2.05) is 71.8 Å². The number of hydrogen-bond donors (Lipinski definition) is 2. The van der Waals surface area contributed by atoms with Gasteiger partial charge in [0.1, 0.15) is 11.5 Å². The van der Waals surface area contributed by atoms with Crippen molar-refractivity contribution in [2.75, 3.05) is 31.0 Å². The number of nitrogens with one attached hydrogen (secondary N) is 1. The lowest BCUT2D eigenvalue weighted by Gasteiger charge is -2.37. The molecule has 4 aromatic carbocycles. The van der Waals surface area contributed by atoms with Crippen molar-refractivity contribution in [2.45, 2.75) is 63.2 Å². The number of hydrogen-bond acceptors (Lipinski definition) is 8. The van der Waals surface area contributed by atoms with E-state index in [1.54, 1.807) is 43.2 Å². The molecule has 2 amide bonds. The highest BCUT2D eigenvalue weighted by Crippen LogP contribution is 2.60. The molecule has 0 aliphatic carbocycles. The van der Waals surface area contributed by atoms with Crippen molar-refractivity contribution in [1.82, 2.24) is 15.0 Å². The maximum Gasteiger partial charge on any atom is 0.264 e. The van der Waals surface area contributed by atoms with Crippen LogP contribution in [0.2, 0.25) is 18.6 Å². The van der Waals surface area contributed by atoms with Gasteiger partial charge in [-0.1, -0.05) is 72.9 Å². The van der Waals surface area contributed by atoms with Gasteiger partial charge in [0.2, 0.25) is 0 Å². The first kappa shape index (κ1) is 37.0. The van der Waals surface area contributed by atoms with E-state index in [9.17, 15) is 9.90 Å². The zero-order chi connectivity index (χ0) is 38.0. The van der Waals surface area contributed by atoms with Gasteiger partial charge in [-0.15, -0.1) is 5.10 Å². The van der Waals surface area contributed by atoms with Gasteiger partial charge in [0.25, 0.3) is 11.8 Å². The van der Waals surface area contributed by atoms with Gasteiger partial charge in [0.05, 0.1) is 46.3 Å². The van der Waals surface area contributed by atoms with Crippen LogP contribution in [-0.4, -0.2) is 66.9 Å². The number of methoxy groups -OCH3 is 2. The van der Waals surface area contributed by atoms with Crippen LogP contribution in [0.4, 0.5) is 11.4 Å². The maximum atomic E-state index is 15.3. The predicted octanol–water partition coefficient (Wildman–Crippen LogP) is 5.94. The van der Waals surface area contributed by atoms with Crippen molar-refractivity contribution in [3.8, 4) is 11.5 Å². The Bertz CT molecular complexity index is 2110. The largest absolute Gasteiger partial charge is 0.497 e. The number of rotatable bonds is 13. The van der Waals surface area contributed by atoms with Crippen LogP contribution in [0.15, 0.2) is 103 Å². The van der Waals surface area contributed by atoms with Gasteiger partial charge in [0.15, 0.2) is 5.60 Å². The number of amides is 2. The van der Waals surface area contributed by atoms with Crippen LogP contribution < -0.4 is 24.9 Å². The number of carbonyl (C=O) groups excluding carboxylic acids is 2. The number of carbonyl (C=O) groups is 2. The Balaban J connectivity index is 1.30. The zero-order valence-electron chi connectivity index (χ0n) is 31.4. The summed E-state index contributed by atoms with van der Waals surface area (Å²) >= 11 is 0. The Morgan fingerprint density at radius 3 is 2.31 bits per heavy atom. The smallest absolute Gasteiger partial charge is 0.264 e. The molecule has 11 nitrogen and oxygen atoms in total. The number of benzene rings is 4. The Morgan fingerprint density at radius 1 is 0.963 bits per heavy atom. The lowest BCUT2D eigenvalue weighted by atomic mass is 9.82. The minimum atomic E-state index is -2.40. The van der Waals surface area contributed by atoms with Gasteiger partial charge in [-0.3, -0.25) is 14.3 Å². The number of nitrogens with zero attached hydrogens (tertiary/aromatic N) is 4. The third-order valence-electron chi connectivity index (χ3n) is 11.2. The Labute approximate surface area is 316 Å². The number of anilines is 2. The molecule has 5 aromatic rings. The highest BCUT2D eigenvalue weighted by Gasteiger charge is 2.66. The highest BCUT2D eigenvalue weighted by atomic mass is 28.3. The van der Waals surface area contributed by atoms with Crippen molar-refractivity contribution < 1.29 is 28.9 Å². The molecule has 2 aliphatic rings. The molecule has 12 heteroatoms. The van der Waals surface area contributed by atoms with E-state index in [0.29, 0.717) is 42.9 Å². The average molecular weight is 746 g/mol. The lowest BCUT2D eigenvalue weighted by Crippen LogP contribution is -2.51. The van der Waals surface area contributed by atoms with Crippen LogP contribution in [0, 0.1) is 5.92 Å². The van der Waals surface area contributed by atoms with Gasteiger partial charge in [-0.05, 0) is 72.1 Å². The molecule has 0 bridgehead atoms. The summed E-state index contributed by atoms with van der Waals surface area (Å²) in [6.07, 6.45) is 2.58. The molecule has 7 rings (SSSR count). The van der Waals surface area contributed by atoms with Crippen molar-refractivity contribution in [1.29, 1.82) is 0 Å². The van der Waals surface area contributed by atoms with Crippen molar-refractivity contribution in [3.05, 3.63) is 126 Å². The third kappa shape index (κ3) is 6.81. The molecule has 0 unspecified atom stereocenters. The Morgan fingerprint density at radius 2 is 1.65 bits per heavy atom.